The number of benzene rings is 4. The lowest BCUT2D eigenvalue weighted by Gasteiger charge is -2.20. The molecule has 7 aromatic rings. The van der Waals surface area contributed by atoms with Crippen molar-refractivity contribution in [2.24, 2.45) is 0 Å². The van der Waals surface area contributed by atoms with Crippen molar-refractivity contribution >= 4 is 38.8 Å². The SMILES string of the molecule is O=C(NCc1ccccc1)C(c1cc2ccccc2o1)n1c(=O)c(-c2cc3ccccc3[nH]2)nc2ccccc21. The molecule has 3 aromatic heterocycles. The second kappa shape index (κ2) is 9.71. The molecule has 0 radical (unpaired) electrons. The topological polar surface area (TPSA) is 92.9 Å². The van der Waals surface area contributed by atoms with Crippen LogP contribution in [-0.4, -0.2) is 20.4 Å². The number of para-hydroxylation sites is 4. The Kier molecular flexibility index (Phi) is 5.74. The fourth-order valence-electron chi connectivity index (χ4n) is 5.18. The monoisotopic (exact) mass is 524 g/mol. The molecule has 40 heavy (non-hydrogen) atoms. The van der Waals surface area contributed by atoms with Crippen LogP contribution in [0.2, 0.25) is 0 Å². The van der Waals surface area contributed by atoms with Crippen molar-refractivity contribution in [1.82, 2.24) is 19.9 Å². The predicted octanol–water partition coefficient (Wildman–Crippen LogP) is 6.20. The van der Waals surface area contributed by atoms with Gasteiger partial charge < -0.3 is 14.7 Å². The van der Waals surface area contributed by atoms with E-state index in [0.29, 0.717) is 34.6 Å². The van der Waals surface area contributed by atoms with Gasteiger partial charge in [0.05, 0.1) is 16.7 Å². The average molecular weight is 525 g/mol. The van der Waals surface area contributed by atoms with Crippen molar-refractivity contribution in [3.63, 3.8) is 0 Å². The number of fused-ring (bicyclic) bond motifs is 3. The van der Waals surface area contributed by atoms with Gasteiger partial charge in [-0.25, -0.2) is 4.98 Å². The zero-order valence-electron chi connectivity index (χ0n) is 21.4. The number of amides is 1. The smallest absolute Gasteiger partial charge is 0.280 e. The van der Waals surface area contributed by atoms with Crippen LogP contribution in [0.3, 0.4) is 0 Å². The third kappa shape index (κ3) is 4.14. The lowest BCUT2D eigenvalue weighted by molar-refractivity contribution is -0.123. The van der Waals surface area contributed by atoms with Crippen LogP contribution < -0.4 is 10.9 Å². The standard InChI is InChI=1S/C33H24N4O3/c38-32(34-20-21-10-2-1-3-11-21)31(29-19-23-13-5-9-17-28(23)40-29)37-27-16-8-7-15-25(27)36-30(33(37)39)26-18-22-12-4-6-14-24(22)35-26/h1-19,31,35H,20H2,(H,34,38). The molecule has 3 heterocycles. The van der Waals surface area contributed by atoms with E-state index in [1.54, 1.807) is 6.07 Å². The summed E-state index contributed by atoms with van der Waals surface area (Å²) in [4.78, 5) is 36.4. The molecule has 0 bridgehead atoms. The molecule has 0 fully saturated rings. The third-order valence-electron chi connectivity index (χ3n) is 7.11. The van der Waals surface area contributed by atoms with Crippen LogP contribution in [0.1, 0.15) is 17.4 Å². The van der Waals surface area contributed by atoms with E-state index in [4.69, 9.17) is 9.40 Å². The Labute approximate surface area is 228 Å². The molecule has 2 N–H and O–H groups in total. The van der Waals surface area contributed by atoms with Gasteiger partial charge in [-0.2, -0.15) is 0 Å². The first kappa shape index (κ1) is 23.7. The Bertz CT molecular complexity index is 2000. The Morgan fingerprint density at radius 3 is 2.40 bits per heavy atom. The fraction of sp³-hybridized carbons (Fsp3) is 0.0606. The first-order chi connectivity index (χ1) is 19.7. The summed E-state index contributed by atoms with van der Waals surface area (Å²) in [6.07, 6.45) is 0. The highest BCUT2D eigenvalue weighted by Gasteiger charge is 2.30. The molecular formula is C33H24N4O3. The van der Waals surface area contributed by atoms with Gasteiger partial charge in [0.1, 0.15) is 11.3 Å². The first-order valence-electron chi connectivity index (χ1n) is 13.1. The maximum Gasteiger partial charge on any atom is 0.280 e. The summed E-state index contributed by atoms with van der Waals surface area (Å²) in [6.45, 7) is 0.309. The van der Waals surface area contributed by atoms with E-state index in [1.165, 1.54) is 4.57 Å². The molecule has 1 unspecified atom stereocenters. The molecule has 0 aliphatic heterocycles. The van der Waals surface area contributed by atoms with Crippen LogP contribution in [-0.2, 0) is 11.3 Å². The van der Waals surface area contributed by atoms with Crippen LogP contribution in [0.5, 0.6) is 0 Å². The first-order valence-corrected chi connectivity index (χ1v) is 13.1. The second-order valence-corrected chi connectivity index (χ2v) is 9.69. The number of hydrogen-bond donors (Lipinski definition) is 2. The highest BCUT2D eigenvalue weighted by Crippen LogP contribution is 2.30. The number of nitrogens with zero attached hydrogens (tertiary/aromatic N) is 2. The second-order valence-electron chi connectivity index (χ2n) is 9.69. The van der Waals surface area contributed by atoms with Crippen molar-refractivity contribution in [3.05, 3.63) is 137 Å². The van der Waals surface area contributed by atoms with Crippen LogP contribution in [0.25, 0.3) is 44.3 Å². The summed E-state index contributed by atoms with van der Waals surface area (Å²) in [5.41, 5.74) is 4.02. The van der Waals surface area contributed by atoms with Crippen LogP contribution in [0, 0.1) is 0 Å². The van der Waals surface area contributed by atoms with E-state index < -0.39 is 11.6 Å². The molecule has 7 nitrogen and oxygen atoms in total. The number of carbonyl (C=O) groups is 1. The van der Waals surface area contributed by atoms with E-state index >= 15 is 0 Å². The normalized spacial score (nSPS) is 12.2. The zero-order valence-corrected chi connectivity index (χ0v) is 21.4. The molecule has 1 amide bonds. The number of aromatic amines is 1. The summed E-state index contributed by atoms with van der Waals surface area (Å²) >= 11 is 0. The average Bonchev–Trinajstić information content (AvgIpc) is 3.62. The summed E-state index contributed by atoms with van der Waals surface area (Å²) in [7, 11) is 0. The molecule has 7 rings (SSSR count). The molecule has 0 aliphatic rings. The summed E-state index contributed by atoms with van der Waals surface area (Å²) in [6, 6.07) is 35.0. The Hall–Kier alpha value is -5.43. The number of hydrogen-bond acceptors (Lipinski definition) is 4. The minimum atomic E-state index is -1.07. The molecule has 0 spiro atoms. The number of H-pyrrole nitrogens is 1. The molecule has 0 saturated carbocycles. The quantitative estimate of drug-likeness (QED) is 0.271. The molecule has 0 aliphatic carbocycles. The number of aromatic nitrogens is 3. The van der Waals surface area contributed by atoms with E-state index in [1.807, 2.05) is 109 Å². The zero-order chi connectivity index (χ0) is 27.1. The minimum absolute atomic E-state index is 0.229. The van der Waals surface area contributed by atoms with E-state index in [9.17, 15) is 9.59 Å². The van der Waals surface area contributed by atoms with Crippen molar-refractivity contribution in [3.8, 4) is 11.4 Å². The third-order valence-corrected chi connectivity index (χ3v) is 7.11. The summed E-state index contributed by atoms with van der Waals surface area (Å²) in [5, 5.41) is 4.84. The van der Waals surface area contributed by atoms with Crippen molar-refractivity contribution in [1.29, 1.82) is 0 Å². The fourth-order valence-corrected chi connectivity index (χ4v) is 5.18. The summed E-state index contributed by atoms with van der Waals surface area (Å²) < 4.78 is 7.71. The minimum Gasteiger partial charge on any atom is -0.458 e. The lowest BCUT2D eigenvalue weighted by Crippen LogP contribution is -2.38. The van der Waals surface area contributed by atoms with Gasteiger partial charge in [-0.1, -0.05) is 78.9 Å². The number of nitrogens with one attached hydrogen (secondary N) is 2. The molecule has 4 aromatic carbocycles. The maximum atomic E-state index is 14.3. The highest BCUT2D eigenvalue weighted by molar-refractivity contribution is 5.89. The van der Waals surface area contributed by atoms with Gasteiger partial charge >= 0.3 is 0 Å². The van der Waals surface area contributed by atoms with Gasteiger partial charge in [0.2, 0.25) is 0 Å². The number of carbonyl (C=O) groups excluding carboxylic acids is 1. The van der Waals surface area contributed by atoms with E-state index in [0.717, 1.165) is 21.9 Å². The van der Waals surface area contributed by atoms with E-state index in [-0.39, 0.29) is 11.6 Å². The van der Waals surface area contributed by atoms with Crippen LogP contribution in [0.4, 0.5) is 0 Å². The molecule has 194 valence electrons. The van der Waals surface area contributed by atoms with Gasteiger partial charge in [-0.15, -0.1) is 0 Å². The van der Waals surface area contributed by atoms with Crippen LogP contribution >= 0.6 is 0 Å². The van der Waals surface area contributed by atoms with Crippen LogP contribution in [0.15, 0.2) is 124 Å². The van der Waals surface area contributed by atoms with Crippen molar-refractivity contribution < 1.29 is 9.21 Å². The number of rotatable bonds is 6. The lowest BCUT2D eigenvalue weighted by atomic mass is 10.1. The van der Waals surface area contributed by atoms with Gasteiger partial charge in [-0.05, 0) is 42.0 Å². The van der Waals surface area contributed by atoms with Gasteiger partial charge in [-0.3, -0.25) is 14.2 Å². The highest BCUT2D eigenvalue weighted by atomic mass is 16.3. The maximum absolute atomic E-state index is 14.3. The Morgan fingerprint density at radius 1 is 0.850 bits per heavy atom. The van der Waals surface area contributed by atoms with Gasteiger partial charge in [0.25, 0.3) is 11.5 Å². The van der Waals surface area contributed by atoms with Gasteiger partial charge in [0.15, 0.2) is 11.7 Å². The van der Waals surface area contributed by atoms with Crippen molar-refractivity contribution in [2.75, 3.05) is 0 Å². The van der Waals surface area contributed by atoms with Gasteiger partial charge in [0, 0.05) is 22.8 Å². The number of furan rings is 1. The Balaban J connectivity index is 1.44. The Morgan fingerprint density at radius 2 is 1.57 bits per heavy atom. The predicted molar refractivity (Wildman–Crippen MR) is 156 cm³/mol. The molecule has 0 saturated heterocycles. The van der Waals surface area contributed by atoms with Crippen molar-refractivity contribution in [2.45, 2.75) is 12.6 Å². The molecule has 1 atom stereocenters. The molecule has 7 heteroatoms. The largest absolute Gasteiger partial charge is 0.458 e. The summed E-state index contributed by atoms with van der Waals surface area (Å²) in [5.74, 6) is 0.0109. The van der Waals surface area contributed by atoms with E-state index in [2.05, 4.69) is 10.3 Å². The molecular weight excluding hydrogens is 500 g/mol.